The molecule has 144 valence electrons. The molecule has 1 aromatic rings. The average Bonchev–Trinajstić information content (AvgIpc) is 3.58. The van der Waals surface area contributed by atoms with E-state index in [0.717, 1.165) is 31.0 Å². The Morgan fingerprint density at radius 3 is 2.25 bits per heavy atom. The Morgan fingerprint density at radius 1 is 1.00 bits per heavy atom. The number of terminal acetylenes is 1. The second-order valence-electron chi connectivity index (χ2n) is 8.64. The van der Waals surface area contributed by atoms with Crippen LogP contribution in [0.15, 0.2) is 71.5 Å². The maximum atomic E-state index is 5.48. The number of piperidine rings is 1. The third-order valence-electron chi connectivity index (χ3n) is 6.65. The van der Waals surface area contributed by atoms with Crippen molar-refractivity contribution in [3.63, 3.8) is 0 Å². The lowest BCUT2D eigenvalue weighted by Crippen LogP contribution is -2.33. The van der Waals surface area contributed by atoms with E-state index >= 15 is 0 Å². The lowest BCUT2D eigenvalue weighted by Gasteiger charge is -2.36. The maximum Gasteiger partial charge on any atom is 0.0326 e. The van der Waals surface area contributed by atoms with Gasteiger partial charge in [-0.25, -0.2) is 0 Å². The molecule has 0 aromatic heterocycles. The predicted molar refractivity (Wildman–Crippen MR) is 119 cm³/mol. The van der Waals surface area contributed by atoms with Crippen LogP contribution in [-0.4, -0.2) is 18.0 Å². The van der Waals surface area contributed by atoms with Crippen LogP contribution in [0.4, 0.5) is 0 Å². The molecule has 0 atom stereocenters. The minimum Gasteiger partial charge on any atom is -0.372 e. The van der Waals surface area contributed by atoms with E-state index in [0.29, 0.717) is 5.92 Å². The van der Waals surface area contributed by atoms with Crippen molar-refractivity contribution in [2.24, 2.45) is 5.92 Å². The van der Waals surface area contributed by atoms with Crippen LogP contribution in [0, 0.1) is 18.3 Å². The lowest BCUT2D eigenvalue weighted by atomic mass is 9.84. The Bertz CT molecular complexity index is 875. The van der Waals surface area contributed by atoms with Gasteiger partial charge < -0.3 is 4.90 Å². The highest BCUT2D eigenvalue weighted by Gasteiger charge is 2.31. The van der Waals surface area contributed by atoms with E-state index in [2.05, 4.69) is 61.2 Å². The van der Waals surface area contributed by atoms with Crippen molar-refractivity contribution in [3.05, 3.63) is 82.6 Å². The molecule has 1 aromatic carbocycles. The number of hydrogen-bond donors (Lipinski definition) is 0. The van der Waals surface area contributed by atoms with Gasteiger partial charge in [0.05, 0.1) is 0 Å². The number of hydrogen-bond acceptors (Lipinski definition) is 1. The molecule has 28 heavy (non-hydrogen) atoms. The number of benzene rings is 1. The van der Waals surface area contributed by atoms with Crippen LogP contribution in [0.3, 0.4) is 0 Å². The third-order valence-corrected chi connectivity index (χ3v) is 6.65. The molecular weight excluding hydrogens is 338 g/mol. The minimum absolute atomic E-state index is 0.628. The van der Waals surface area contributed by atoms with Crippen LogP contribution in [0.1, 0.15) is 62.5 Å². The molecule has 1 heteroatoms. The summed E-state index contributed by atoms with van der Waals surface area (Å²) in [4.78, 5) is 2.50. The molecule has 1 heterocycles. The highest BCUT2D eigenvalue weighted by molar-refractivity contribution is 5.50. The van der Waals surface area contributed by atoms with Gasteiger partial charge in [0.25, 0.3) is 0 Å². The summed E-state index contributed by atoms with van der Waals surface area (Å²) < 4.78 is 0. The van der Waals surface area contributed by atoms with E-state index in [-0.39, 0.29) is 0 Å². The summed E-state index contributed by atoms with van der Waals surface area (Å²) in [5, 5.41) is 0. The van der Waals surface area contributed by atoms with Crippen molar-refractivity contribution in [3.8, 4) is 12.3 Å². The largest absolute Gasteiger partial charge is 0.372 e. The van der Waals surface area contributed by atoms with Crippen LogP contribution in [0.2, 0.25) is 0 Å². The molecule has 1 aliphatic heterocycles. The topological polar surface area (TPSA) is 3.24 Å². The summed E-state index contributed by atoms with van der Waals surface area (Å²) in [5.41, 5.74) is 9.30. The molecule has 0 unspecified atom stereocenters. The Morgan fingerprint density at radius 2 is 1.68 bits per heavy atom. The summed E-state index contributed by atoms with van der Waals surface area (Å²) >= 11 is 0. The standard InChI is InChI=1S/C27H31N/c1-5-21-6-8-22(9-7-21)23-14-16-28(17-15-23)20(4)25-12-13-26(24-10-11-24)27(18-25)19(2)3/h1,6-9,18,23-24H,2,4,10-17H2,3H3. The Hall–Kier alpha value is -2.46. The fourth-order valence-electron chi connectivity index (χ4n) is 4.76. The summed E-state index contributed by atoms with van der Waals surface area (Å²) in [6.45, 7) is 13.0. The Kier molecular flexibility index (Phi) is 5.31. The molecule has 4 rings (SSSR count). The summed E-state index contributed by atoms with van der Waals surface area (Å²) in [6, 6.07) is 8.54. The zero-order chi connectivity index (χ0) is 19.7. The number of likely N-dealkylation sites (tertiary alicyclic amines) is 1. The van der Waals surface area contributed by atoms with Gasteiger partial charge in [-0.3, -0.25) is 0 Å². The molecule has 1 nitrogen and oxygen atoms in total. The van der Waals surface area contributed by atoms with Crippen LogP contribution < -0.4 is 0 Å². The van der Waals surface area contributed by atoms with Crippen LogP contribution >= 0.6 is 0 Å². The number of allylic oxidation sites excluding steroid dienone is 5. The molecule has 0 spiro atoms. The molecule has 2 aliphatic carbocycles. The van der Waals surface area contributed by atoms with Gasteiger partial charge in [0, 0.05) is 24.4 Å². The molecular formula is C27H31N. The third kappa shape index (κ3) is 3.88. The SMILES string of the molecule is C#Cc1ccc(C2CCN(C(=C)C3=CC(C(=C)C)=C(C4CC4)CC3)CC2)cc1. The monoisotopic (exact) mass is 369 g/mol. The van der Waals surface area contributed by atoms with Crippen molar-refractivity contribution < 1.29 is 0 Å². The fraction of sp³-hybridized carbons (Fsp3) is 0.407. The van der Waals surface area contributed by atoms with E-state index in [1.54, 1.807) is 5.57 Å². The van der Waals surface area contributed by atoms with Crippen molar-refractivity contribution in [2.75, 3.05) is 13.1 Å². The van der Waals surface area contributed by atoms with Crippen molar-refractivity contribution in [2.45, 2.75) is 51.4 Å². The van der Waals surface area contributed by atoms with Gasteiger partial charge in [0.15, 0.2) is 0 Å². The average molecular weight is 370 g/mol. The molecule has 3 aliphatic rings. The Labute approximate surface area is 170 Å². The highest BCUT2D eigenvalue weighted by Crippen LogP contribution is 2.45. The summed E-state index contributed by atoms with van der Waals surface area (Å²) in [7, 11) is 0. The van der Waals surface area contributed by atoms with Gasteiger partial charge in [-0.2, -0.15) is 0 Å². The first-order valence-corrected chi connectivity index (χ1v) is 10.7. The molecule has 0 radical (unpaired) electrons. The van der Waals surface area contributed by atoms with E-state index in [4.69, 9.17) is 6.42 Å². The minimum atomic E-state index is 0.628. The first kappa shape index (κ1) is 18.9. The Balaban J connectivity index is 1.42. The van der Waals surface area contributed by atoms with Crippen molar-refractivity contribution in [1.29, 1.82) is 0 Å². The van der Waals surface area contributed by atoms with E-state index in [9.17, 15) is 0 Å². The number of nitrogens with zero attached hydrogens (tertiary/aromatic N) is 1. The first-order chi connectivity index (χ1) is 13.6. The fourth-order valence-corrected chi connectivity index (χ4v) is 4.76. The normalized spacial score (nSPS) is 20.6. The maximum absolute atomic E-state index is 5.48. The van der Waals surface area contributed by atoms with Gasteiger partial charge in [0.1, 0.15) is 0 Å². The molecule has 0 N–H and O–H groups in total. The highest BCUT2D eigenvalue weighted by atomic mass is 15.1. The molecule has 1 saturated carbocycles. The van der Waals surface area contributed by atoms with Crippen molar-refractivity contribution >= 4 is 0 Å². The molecule has 0 bridgehead atoms. The van der Waals surface area contributed by atoms with Gasteiger partial charge >= 0.3 is 0 Å². The molecule has 2 fully saturated rings. The second-order valence-corrected chi connectivity index (χ2v) is 8.64. The van der Waals surface area contributed by atoms with E-state index < -0.39 is 0 Å². The van der Waals surface area contributed by atoms with Crippen molar-refractivity contribution in [1.82, 2.24) is 4.90 Å². The molecule has 1 saturated heterocycles. The zero-order valence-corrected chi connectivity index (χ0v) is 17.1. The van der Waals surface area contributed by atoms with Gasteiger partial charge in [-0.05, 0) is 92.2 Å². The van der Waals surface area contributed by atoms with Crippen LogP contribution in [0.5, 0.6) is 0 Å². The predicted octanol–water partition coefficient (Wildman–Crippen LogP) is 6.36. The van der Waals surface area contributed by atoms with Gasteiger partial charge in [-0.15, -0.1) is 6.42 Å². The lowest BCUT2D eigenvalue weighted by molar-refractivity contribution is 0.267. The zero-order valence-electron chi connectivity index (χ0n) is 17.1. The van der Waals surface area contributed by atoms with Crippen LogP contribution in [0.25, 0.3) is 0 Å². The molecule has 0 amide bonds. The first-order valence-electron chi connectivity index (χ1n) is 10.7. The van der Waals surface area contributed by atoms with E-state index in [1.165, 1.54) is 60.1 Å². The summed E-state index contributed by atoms with van der Waals surface area (Å²) in [5.74, 6) is 4.16. The van der Waals surface area contributed by atoms with E-state index in [1.807, 2.05) is 0 Å². The number of rotatable bonds is 5. The second kappa shape index (κ2) is 7.88. The summed E-state index contributed by atoms with van der Waals surface area (Å²) in [6.07, 6.45) is 15.3. The van der Waals surface area contributed by atoms with Crippen LogP contribution in [-0.2, 0) is 0 Å². The van der Waals surface area contributed by atoms with Gasteiger partial charge in [-0.1, -0.05) is 42.4 Å². The van der Waals surface area contributed by atoms with Gasteiger partial charge in [0.2, 0.25) is 0 Å². The smallest absolute Gasteiger partial charge is 0.0326 e. The quantitative estimate of drug-likeness (QED) is 0.546.